The van der Waals surface area contributed by atoms with E-state index in [1.807, 2.05) is 12.1 Å². The fourth-order valence-electron chi connectivity index (χ4n) is 3.97. The van der Waals surface area contributed by atoms with Crippen LogP contribution in [0.1, 0.15) is 44.2 Å². The van der Waals surface area contributed by atoms with Gasteiger partial charge in [0.1, 0.15) is 11.5 Å². The summed E-state index contributed by atoms with van der Waals surface area (Å²) < 4.78 is 11.0. The minimum atomic E-state index is 0.562. The van der Waals surface area contributed by atoms with Crippen LogP contribution >= 0.6 is 0 Å². The minimum absolute atomic E-state index is 0.562. The number of ether oxygens (including phenoxy) is 1. The Balaban J connectivity index is 1.59. The van der Waals surface area contributed by atoms with Gasteiger partial charge in [0.05, 0.1) is 25.0 Å². The number of hydrogen-bond acceptors (Lipinski definition) is 5. The monoisotopic (exact) mass is 413 g/mol. The van der Waals surface area contributed by atoms with Gasteiger partial charge in [-0.25, -0.2) is 4.99 Å². The lowest BCUT2D eigenvalue weighted by molar-refractivity contribution is 0.380. The number of aliphatic imine (C=N–C) groups is 1. The molecule has 7 nitrogen and oxygen atoms in total. The molecular weight excluding hydrogens is 378 g/mol. The van der Waals surface area contributed by atoms with Crippen LogP contribution in [0.4, 0.5) is 5.69 Å². The SMILES string of the molecule is CCNC(=NCc1c(CC)noc1CC)NCC1CCN(c2ccccc2OC)C1. The van der Waals surface area contributed by atoms with E-state index < -0.39 is 0 Å². The molecule has 1 fully saturated rings. The molecule has 2 aromatic rings. The first-order valence-electron chi connectivity index (χ1n) is 11.1. The molecular formula is C23H35N5O2. The molecule has 1 aliphatic rings. The molecule has 0 bridgehead atoms. The summed E-state index contributed by atoms with van der Waals surface area (Å²) in [6, 6.07) is 8.24. The normalized spacial score (nSPS) is 16.7. The molecule has 1 aromatic carbocycles. The van der Waals surface area contributed by atoms with Crippen molar-refractivity contribution in [2.24, 2.45) is 10.9 Å². The van der Waals surface area contributed by atoms with Crippen LogP contribution in [-0.4, -0.2) is 44.4 Å². The van der Waals surface area contributed by atoms with E-state index in [1.165, 1.54) is 5.69 Å². The number of guanidine groups is 1. The molecule has 1 aliphatic heterocycles. The van der Waals surface area contributed by atoms with E-state index in [-0.39, 0.29) is 0 Å². The molecule has 164 valence electrons. The van der Waals surface area contributed by atoms with Gasteiger partial charge in [0.25, 0.3) is 0 Å². The molecule has 0 aliphatic carbocycles. The number of aryl methyl sites for hydroxylation is 2. The van der Waals surface area contributed by atoms with Crippen LogP contribution < -0.4 is 20.3 Å². The molecule has 1 saturated heterocycles. The average molecular weight is 414 g/mol. The second-order valence-corrected chi connectivity index (χ2v) is 7.59. The minimum Gasteiger partial charge on any atom is -0.495 e. The van der Waals surface area contributed by atoms with Gasteiger partial charge in [-0.3, -0.25) is 0 Å². The second-order valence-electron chi connectivity index (χ2n) is 7.59. The first-order valence-corrected chi connectivity index (χ1v) is 11.1. The van der Waals surface area contributed by atoms with Crippen LogP contribution in [0.5, 0.6) is 5.75 Å². The lowest BCUT2D eigenvalue weighted by atomic mass is 10.1. The van der Waals surface area contributed by atoms with E-state index in [0.29, 0.717) is 12.5 Å². The number of nitrogens with zero attached hydrogens (tertiary/aromatic N) is 3. The molecule has 30 heavy (non-hydrogen) atoms. The van der Waals surface area contributed by atoms with Gasteiger partial charge in [-0.1, -0.05) is 31.1 Å². The maximum absolute atomic E-state index is 5.53. The maximum atomic E-state index is 5.53. The molecule has 2 heterocycles. The number of hydrogen-bond donors (Lipinski definition) is 2. The molecule has 0 spiro atoms. The van der Waals surface area contributed by atoms with Crippen LogP contribution in [0, 0.1) is 5.92 Å². The van der Waals surface area contributed by atoms with Gasteiger partial charge >= 0.3 is 0 Å². The molecule has 0 radical (unpaired) electrons. The molecule has 7 heteroatoms. The number of para-hydroxylation sites is 2. The summed E-state index contributed by atoms with van der Waals surface area (Å²) in [5.74, 6) is 3.29. The van der Waals surface area contributed by atoms with Crippen molar-refractivity contribution in [2.45, 2.75) is 46.6 Å². The Labute approximate surface area is 179 Å². The zero-order chi connectivity index (χ0) is 21.3. The van der Waals surface area contributed by atoms with Crippen molar-refractivity contribution in [3.63, 3.8) is 0 Å². The maximum Gasteiger partial charge on any atom is 0.191 e. The van der Waals surface area contributed by atoms with Crippen LogP contribution in [-0.2, 0) is 19.4 Å². The van der Waals surface area contributed by atoms with E-state index in [0.717, 1.165) is 74.2 Å². The third-order valence-corrected chi connectivity index (χ3v) is 5.62. The fraction of sp³-hybridized carbons (Fsp3) is 0.565. The van der Waals surface area contributed by atoms with Gasteiger partial charge in [0.15, 0.2) is 5.96 Å². The number of aromatic nitrogens is 1. The zero-order valence-electron chi connectivity index (χ0n) is 18.7. The Kier molecular flexibility index (Phi) is 7.99. The standard InChI is InChI=1S/C23H35N5O2/c1-5-19-18(21(6-2)30-27-19)15-26-23(24-7-3)25-14-17-12-13-28(16-17)20-10-8-9-11-22(20)29-4/h8-11,17H,5-7,12-16H2,1-4H3,(H2,24,25,26). The summed E-state index contributed by atoms with van der Waals surface area (Å²) in [4.78, 5) is 7.21. The summed E-state index contributed by atoms with van der Waals surface area (Å²) in [5.41, 5.74) is 3.31. The van der Waals surface area contributed by atoms with Crippen molar-refractivity contribution in [3.05, 3.63) is 41.3 Å². The van der Waals surface area contributed by atoms with E-state index >= 15 is 0 Å². The smallest absolute Gasteiger partial charge is 0.191 e. The predicted molar refractivity (Wildman–Crippen MR) is 121 cm³/mol. The average Bonchev–Trinajstić information content (AvgIpc) is 3.42. The molecule has 0 saturated carbocycles. The third kappa shape index (κ3) is 5.26. The van der Waals surface area contributed by atoms with E-state index in [4.69, 9.17) is 14.3 Å². The molecule has 0 amide bonds. The summed E-state index contributed by atoms with van der Waals surface area (Å²) in [6.07, 6.45) is 2.85. The van der Waals surface area contributed by atoms with Crippen LogP contribution in [0.3, 0.4) is 0 Å². The Morgan fingerprint density at radius 3 is 2.80 bits per heavy atom. The fourth-order valence-corrected chi connectivity index (χ4v) is 3.97. The van der Waals surface area contributed by atoms with Crippen molar-refractivity contribution in [1.29, 1.82) is 0 Å². The zero-order valence-corrected chi connectivity index (χ0v) is 18.7. The molecule has 1 aromatic heterocycles. The van der Waals surface area contributed by atoms with Gasteiger partial charge in [-0.05, 0) is 37.8 Å². The van der Waals surface area contributed by atoms with E-state index in [2.05, 4.69) is 53.6 Å². The Morgan fingerprint density at radius 1 is 1.23 bits per heavy atom. The summed E-state index contributed by atoms with van der Waals surface area (Å²) in [6.45, 7) is 10.6. The first kappa shape index (κ1) is 22.0. The Bertz CT molecular complexity index is 811. The highest BCUT2D eigenvalue weighted by Gasteiger charge is 2.24. The molecule has 3 rings (SSSR count). The number of benzene rings is 1. The third-order valence-electron chi connectivity index (χ3n) is 5.62. The Morgan fingerprint density at radius 2 is 2.07 bits per heavy atom. The molecule has 2 N–H and O–H groups in total. The van der Waals surface area contributed by atoms with Gasteiger partial charge in [-0.2, -0.15) is 0 Å². The molecule has 1 unspecified atom stereocenters. The van der Waals surface area contributed by atoms with Crippen molar-refractivity contribution in [3.8, 4) is 5.75 Å². The quantitative estimate of drug-likeness (QED) is 0.485. The summed E-state index contributed by atoms with van der Waals surface area (Å²) in [7, 11) is 1.73. The van der Waals surface area contributed by atoms with Crippen molar-refractivity contribution in [1.82, 2.24) is 15.8 Å². The van der Waals surface area contributed by atoms with Crippen molar-refractivity contribution >= 4 is 11.6 Å². The van der Waals surface area contributed by atoms with E-state index in [1.54, 1.807) is 7.11 Å². The van der Waals surface area contributed by atoms with Crippen LogP contribution in [0.2, 0.25) is 0 Å². The lowest BCUT2D eigenvalue weighted by Gasteiger charge is -2.21. The molecule has 1 atom stereocenters. The summed E-state index contributed by atoms with van der Waals surface area (Å²) in [5, 5.41) is 11.1. The second kappa shape index (κ2) is 10.9. The van der Waals surface area contributed by atoms with Gasteiger partial charge in [0.2, 0.25) is 0 Å². The highest BCUT2D eigenvalue weighted by atomic mass is 16.5. The summed E-state index contributed by atoms with van der Waals surface area (Å²) >= 11 is 0. The topological polar surface area (TPSA) is 74.9 Å². The number of methoxy groups -OCH3 is 1. The number of rotatable bonds is 9. The first-order chi connectivity index (χ1) is 14.7. The van der Waals surface area contributed by atoms with Gasteiger partial charge < -0.3 is 24.8 Å². The van der Waals surface area contributed by atoms with Crippen LogP contribution in [0.25, 0.3) is 0 Å². The van der Waals surface area contributed by atoms with Crippen molar-refractivity contribution in [2.75, 3.05) is 38.2 Å². The van der Waals surface area contributed by atoms with E-state index in [9.17, 15) is 0 Å². The largest absolute Gasteiger partial charge is 0.495 e. The predicted octanol–water partition coefficient (Wildman–Crippen LogP) is 3.39. The van der Waals surface area contributed by atoms with Crippen LogP contribution in [0.15, 0.2) is 33.8 Å². The van der Waals surface area contributed by atoms with Gasteiger partial charge in [0, 0.05) is 38.2 Å². The number of nitrogens with one attached hydrogen (secondary N) is 2. The lowest BCUT2D eigenvalue weighted by Crippen LogP contribution is -2.40. The highest BCUT2D eigenvalue weighted by Crippen LogP contribution is 2.31. The highest BCUT2D eigenvalue weighted by molar-refractivity contribution is 5.79. The Hall–Kier alpha value is -2.70. The van der Waals surface area contributed by atoms with Gasteiger partial charge in [-0.15, -0.1) is 0 Å². The van der Waals surface area contributed by atoms with Crippen molar-refractivity contribution < 1.29 is 9.26 Å². The number of anilines is 1.